The largest absolute Gasteiger partial charge is 0.372 e. The van der Waals surface area contributed by atoms with E-state index in [1.807, 2.05) is 42.5 Å². The summed E-state index contributed by atoms with van der Waals surface area (Å²) in [5.41, 5.74) is 3.76. The van der Waals surface area contributed by atoms with Crippen LogP contribution in [0.5, 0.6) is 0 Å². The highest BCUT2D eigenvalue weighted by atomic mass is 16.2. The van der Waals surface area contributed by atoms with Crippen molar-refractivity contribution >= 4 is 28.9 Å². The van der Waals surface area contributed by atoms with E-state index in [0.717, 1.165) is 24.3 Å². The van der Waals surface area contributed by atoms with Gasteiger partial charge in [0.25, 0.3) is 5.91 Å². The third-order valence-electron chi connectivity index (χ3n) is 5.01. The van der Waals surface area contributed by atoms with E-state index in [4.69, 9.17) is 0 Å². The Morgan fingerprint density at radius 1 is 1.07 bits per heavy atom. The molecule has 0 fully saturated rings. The van der Waals surface area contributed by atoms with E-state index >= 15 is 0 Å². The Hall–Kier alpha value is -3.08. The van der Waals surface area contributed by atoms with Gasteiger partial charge in [0, 0.05) is 41.3 Å². The van der Waals surface area contributed by atoms with Crippen molar-refractivity contribution in [3.8, 4) is 0 Å². The SMILES string of the molecule is C=C1c2ccccc2C(=O)N1C(C)C(=O)Nc1ccc(N(CC)CC)cc1. The summed E-state index contributed by atoms with van der Waals surface area (Å²) in [6, 6.07) is 14.4. The van der Waals surface area contributed by atoms with Crippen LogP contribution in [0.3, 0.4) is 0 Å². The smallest absolute Gasteiger partial charge is 0.259 e. The molecule has 1 N–H and O–H groups in total. The number of amides is 2. The van der Waals surface area contributed by atoms with Gasteiger partial charge >= 0.3 is 0 Å². The molecule has 5 heteroatoms. The molecular formula is C22H25N3O2. The van der Waals surface area contributed by atoms with Crippen LogP contribution in [0.25, 0.3) is 5.70 Å². The number of nitrogens with zero attached hydrogens (tertiary/aromatic N) is 2. The Bertz CT molecular complexity index is 834. The van der Waals surface area contributed by atoms with E-state index in [2.05, 4.69) is 30.6 Å². The predicted octanol–water partition coefficient (Wildman–Crippen LogP) is 3.99. The third-order valence-corrected chi connectivity index (χ3v) is 5.01. The second kappa shape index (κ2) is 7.66. The lowest BCUT2D eigenvalue weighted by atomic mass is 10.1. The molecule has 5 nitrogen and oxygen atoms in total. The summed E-state index contributed by atoms with van der Waals surface area (Å²) < 4.78 is 0. The van der Waals surface area contributed by atoms with Gasteiger partial charge in [-0.3, -0.25) is 14.5 Å². The molecule has 0 saturated heterocycles. The first-order valence-corrected chi connectivity index (χ1v) is 9.25. The minimum absolute atomic E-state index is 0.185. The standard InChI is InChI=1S/C22H25N3O2/c1-5-24(6-2)18-13-11-17(12-14-18)23-21(26)16(4)25-15(3)19-9-7-8-10-20(19)22(25)27/h7-14,16H,3,5-6H2,1-2,4H3,(H,23,26). The van der Waals surface area contributed by atoms with Crippen molar-refractivity contribution in [2.75, 3.05) is 23.3 Å². The number of hydrogen-bond acceptors (Lipinski definition) is 3. The average molecular weight is 363 g/mol. The van der Waals surface area contributed by atoms with E-state index in [0.29, 0.717) is 16.9 Å². The summed E-state index contributed by atoms with van der Waals surface area (Å²) in [6.45, 7) is 11.8. The van der Waals surface area contributed by atoms with Crippen molar-refractivity contribution in [2.24, 2.45) is 0 Å². The maximum Gasteiger partial charge on any atom is 0.259 e. The molecule has 1 aliphatic rings. The van der Waals surface area contributed by atoms with Crippen LogP contribution in [0.2, 0.25) is 0 Å². The molecule has 0 radical (unpaired) electrons. The fourth-order valence-corrected chi connectivity index (χ4v) is 3.42. The molecule has 0 spiro atoms. The van der Waals surface area contributed by atoms with Crippen LogP contribution < -0.4 is 10.2 Å². The highest BCUT2D eigenvalue weighted by Gasteiger charge is 2.36. The molecule has 0 saturated carbocycles. The van der Waals surface area contributed by atoms with E-state index in [1.165, 1.54) is 4.90 Å². The van der Waals surface area contributed by atoms with Crippen molar-refractivity contribution in [3.05, 3.63) is 66.2 Å². The zero-order valence-corrected chi connectivity index (χ0v) is 16.0. The Labute approximate surface area is 160 Å². The van der Waals surface area contributed by atoms with Crippen molar-refractivity contribution in [2.45, 2.75) is 26.8 Å². The summed E-state index contributed by atoms with van der Waals surface area (Å²) in [7, 11) is 0. The maximum atomic E-state index is 12.7. The second-order valence-corrected chi connectivity index (χ2v) is 6.55. The van der Waals surface area contributed by atoms with Crippen LogP contribution in [0, 0.1) is 0 Å². The molecule has 140 valence electrons. The van der Waals surface area contributed by atoms with Gasteiger partial charge < -0.3 is 10.2 Å². The molecule has 1 heterocycles. The second-order valence-electron chi connectivity index (χ2n) is 6.55. The molecule has 2 aromatic rings. The lowest BCUT2D eigenvalue weighted by Crippen LogP contribution is -2.41. The van der Waals surface area contributed by atoms with Gasteiger partial charge in [-0.15, -0.1) is 0 Å². The van der Waals surface area contributed by atoms with Crippen molar-refractivity contribution in [1.29, 1.82) is 0 Å². The van der Waals surface area contributed by atoms with E-state index < -0.39 is 6.04 Å². The molecule has 1 unspecified atom stereocenters. The third kappa shape index (κ3) is 3.45. The average Bonchev–Trinajstić information content (AvgIpc) is 2.94. The summed E-state index contributed by atoms with van der Waals surface area (Å²) >= 11 is 0. The molecule has 2 amide bonds. The van der Waals surface area contributed by atoms with E-state index in [9.17, 15) is 9.59 Å². The van der Waals surface area contributed by atoms with E-state index in [1.54, 1.807) is 13.0 Å². The highest BCUT2D eigenvalue weighted by Crippen LogP contribution is 2.33. The van der Waals surface area contributed by atoms with Crippen molar-refractivity contribution in [1.82, 2.24) is 4.90 Å². The number of nitrogens with one attached hydrogen (secondary N) is 1. The molecule has 3 rings (SSSR count). The van der Waals surface area contributed by atoms with Gasteiger partial charge in [-0.1, -0.05) is 24.8 Å². The Kier molecular flexibility index (Phi) is 5.31. The maximum absolute atomic E-state index is 12.7. The monoisotopic (exact) mass is 363 g/mol. The van der Waals surface area contributed by atoms with Gasteiger partial charge in [-0.2, -0.15) is 0 Å². The topological polar surface area (TPSA) is 52.7 Å². The molecule has 1 atom stereocenters. The first kappa shape index (κ1) is 18.7. The normalized spacial score (nSPS) is 14.1. The Morgan fingerprint density at radius 2 is 1.67 bits per heavy atom. The first-order valence-electron chi connectivity index (χ1n) is 9.25. The lowest BCUT2D eigenvalue weighted by Gasteiger charge is -2.25. The molecule has 27 heavy (non-hydrogen) atoms. The molecular weight excluding hydrogens is 338 g/mol. The number of anilines is 2. The van der Waals surface area contributed by atoms with Crippen molar-refractivity contribution < 1.29 is 9.59 Å². The molecule has 0 aromatic heterocycles. The lowest BCUT2D eigenvalue weighted by molar-refractivity contribution is -0.119. The zero-order valence-electron chi connectivity index (χ0n) is 16.0. The van der Waals surface area contributed by atoms with Crippen LogP contribution in [0.15, 0.2) is 55.1 Å². The predicted molar refractivity (Wildman–Crippen MR) is 110 cm³/mol. The van der Waals surface area contributed by atoms with Gasteiger partial charge in [-0.05, 0) is 51.1 Å². The number of rotatable bonds is 6. The summed E-state index contributed by atoms with van der Waals surface area (Å²) in [5, 5.41) is 2.90. The summed E-state index contributed by atoms with van der Waals surface area (Å²) in [5.74, 6) is -0.428. The quantitative estimate of drug-likeness (QED) is 0.844. The van der Waals surface area contributed by atoms with Gasteiger partial charge in [0.15, 0.2) is 0 Å². The highest BCUT2D eigenvalue weighted by molar-refractivity contribution is 6.11. The van der Waals surface area contributed by atoms with Crippen LogP contribution in [0.4, 0.5) is 11.4 Å². The summed E-state index contributed by atoms with van der Waals surface area (Å²) in [4.78, 5) is 29.1. The molecule has 0 bridgehead atoms. The minimum Gasteiger partial charge on any atom is -0.372 e. The number of benzene rings is 2. The molecule has 1 aliphatic heterocycles. The molecule has 2 aromatic carbocycles. The Balaban J connectivity index is 1.72. The van der Waals surface area contributed by atoms with Crippen LogP contribution in [-0.2, 0) is 4.79 Å². The van der Waals surface area contributed by atoms with Crippen LogP contribution in [0.1, 0.15) is 36.7 Å². The fraction of sp³-hybridized carbons (Fsp3) is 0.273. The van der Waals surface area contributed by atoms with Gasteiger partial charge in [-0.25, -0.2) is 0 Å². The van der Waals surface area contributed by atoms with Crippen LogP contribution >= 0.6 is 0 Å². The van der Waals surface area contributed by atoms with Gasteiger partial charge in [0.05, 0.1) is 0 Å². The molecule has 0 aliphatic carbocycles. The minimum atomic E-state index is -0.653. The number of hydrogen-bond donors (Lipinski definition) is 1. The summed E-state index contributed by atoms with van der Waals surface area (Å²) in [6.07, 6.45) is 0. The fourth-order valence-electron chi connectivity index (χ4n) is 3.42. The zero-order chi connectivity index (χ0) is 19.6. The number of fused-ring (bicyclic) bond motifs is 1. The van der Waals surface area contributed by atoms with Crippen molar-refractivity contribution in [3.63, 3.8) is 0 Å². The first-order chi connectivity index (χ1) is 13.0. The number of carbonyl (C=O) groups is 2. The van der Waals surface area contributed by atoms with E-state index in [-0.39, 0.29) is 11.8 Å². The Morgan fingerprint density at radius 3 is 2.22 bits per heavy atom. The van der Waals surface area contributed by atoms with Crippen LogP contribution in [-0.4, -0.2) is 35.8 Å². The number of carbonyl (C=O) groups excluding carboxylic acids is 2. The van der Waals surface area contributed by atoms with Gasteiger partial charge in [0.2, 0.25) is 5.91 Å². The van der Waals surface area contributed by atoms with Gasteiger partial charge in [0.1, 0.15) is 6.04 Å².